The molecule has 1 N–H and O–H groups in total. The molecule has 0 aromatic heterocycles. The average molecular weight is 359 g/mol. The molecule has 144 valence electrons. The van der Waals surface area contributed by atoms with Gasteiger partial charge in [0.2, 0.25) is 0 Å². The van der Waals surface area contributed by atoms with Gasteiger partial charge in [0, 0.05) is 57.9 Å². The highest BCUT2D eigenvalue weighted by Crippen LogP contribution is 2.29. The van der Waals surface area contributed by atoms with Crippen LogP contribution in [0.3, 0.4) is 0 Å². The topological polar surface area (TPSA) is 31.0 Å². The summed E-state index contributed by atoms with van der Waals surface area (Å²) in [6.07, 6.45) is 0. The quantitative estimate of drug-likeness (QED) is 0.795. The zero-order valence-corrected chi connectivity index (χ0v) is 16.2. The highest BCUT2D eigenvalue weighted by atomic mass is 16.5. The predicted molar refractivity (Wildman–Crippen MR) is 106 cm³/mol. The first kappa shape index (κ1) is 18.2. The third-order valence-corrected chi connectivity index (χ3v) is 6.41. The van der Waals surface area contributed by atoms with E-state index in [0.29, 0.717) is 0 Å². The second-order valence-electron chi connectivity index (χ2n) is 8.10. The van der Waals surface area contributed by atoms with Crippen molar-refractivity contribution in [2.75, 3.05) is 72.1 Å². The van der Waals surface area contributed by atoms with Gasteiger partial charge in [-0.1, -0.05) is 25.1 Å². The molecular weight excluding hydrogens is 324 g/mol. The van der Waals surface area contributed by atoms with E-state index in [-0.39, 0.29) is 0 Å². The van der Waals surface area contributed by atoms with E-state index in [2.05, 4.69) is 51.2 Å². The molecule has 0 spiro atoms. The number of ether oxygens (including phenoxy) is 1. The summed E-state index contributed by atoms with van der Waals surface area (Å²) in [5.74, 6) is 2.78. The van der Waals surface area contributed by atoms with E-state index in [0.717, 1.165) is 37.3 Å². The summed E-state index contributed by atoms with van der Waals surface area (Å²) in [5, 5.41) is 3.53. The average Bonchev–Trinajstić information content (AvgIpc) is 3.25. The predicted octanol–water partition coefficient (Wildman–Crippen LogP) is 1.35. The minimum Gasteiger partial charge on any atom is -0.492 e. The molecule has 0 aliphatic carbocycles. The number of benzene rings is 1. The molecule has 3 heterocycles. The fourth-order valence-corrected chi connectivity index (χ4v) is 4.71. The zero-order valence-electron chi connectivity index (χ0n) is 16.2. The Labute approximate surface area is 158 Å². The summed E-state index contributed by atoms with van der Waals surface area (Å²) in [5.41, 5.74) is 1.34. The fourth-order valence-electron chi connectivity index (χ4n) is 4.71. The van der Waals surface area contributed by atoms with E-state index >= 15 is 0 Å². The number of para-hydroxylation sites is 1. The molecule has 0 unspecified atom stereocenters. The number of hydrogen-bond donors (Lipinski definition) is 1. The summed E-state index contributed by atoms with van der Waals surface area (Å²) < 4.78 is 6.20. The van der Waals surface area contributed by atoms with Crippen LogP contribution < -0.4 is 10.1 Å². The molecule has 0 radical (unpaired) electrons. The lowest BCUT2D eigenvalue weighted by Crippen LogP contribution is -2.47. The van der Waals surface area contributed by atoms with Gasteiger partial charge in [0.1, 0.15) is 12.4 Å². The molecule has 0 bridgehead atoms. The molecule has 4 rings (SSSR count). The highest BCUT2D eigenvalue weighted by Gasteiger charge is 2.36. The number of likely N-dealkylation sites (N-methyl/N-ethyl adjacent to an activating group) is 1. The molecule has 3 aliphatic rings. The standard InChI is InChI=1S/C21H34N4O/c1-2-23-7-9-24(10-8-23)11-12-26-21-6-4-3-5-18(21)15-25-16-19-13-22-14-20(19)17-25/h3-6,19-20,22H,2,7-17H2,1H3/t19-,20+. The van der Waals surface area contributed by atoms with E-state index in [9.17, 15) is 0 Å². The molecule has 1 aromatic carbocycles. The van der Waals surface area contributed by atoms with Gasteiger partial charge in [0.05, 0.1) is 0 Å². The lowest BCUT2D eigenvalue weighted by Gasteiger charge is -2.33. The molecule has 3 aliphatic heterocycles. The van der Waals surface area contributed by atoms with Crippen molar-refractivity contribution >= 4 is 0 Å². The first-order valence-electron chi connectivity index (χ1n) is 10.4. The van der Waals surface area contributed by atoms with Gasteiger partial charge in [-0.15, -0.1) is 0 Å². The van der Waals surface area contributed by atoms with Crippen LogP contribution in [0.5, 0.6) is 5.75 Å². The summed E-state index contributed by atoms with van der Waals surface area (Å²) in [6.45, 7) is 15.9. The second kappa shape index (κ2) is 8.70. The molecular formula is C21H34N4O. The molecule has 3 saturated heterocycles. The van der Waals surface area contributed by atoms with Crippen LogP contribution in [0, 0.1) is 11.8 Å². The van der Waals surface area contributed by atoms with Crippen LogP contribution in [0.1, 0.15) is 12.5 Å². The Hall–Kier alpha value is -1.14. The smallest absolute Gasteiger partial charge is 0.123 e. The Bertz CT molecular complexity index is 561. The van der Waals surface area contributed by atoms with Crippen molar-refractivity contribution in [1.82, 2.24) is 20.0 Å². The van der Waals surface area contributed by atoms with E-state index in [1.54, 1.807) is 0 Å². The van der Waals surface area contributed by atoms with Gasteiger partial charge >= 0.3 is 0 Å². The van der Waals surface area contributed by atoms with Crippen LogP contribution in [0.25, 0.3) is 0 Å². The Kier molecular flexibility index (Phi) is 6.10. The molecule has 1 aromatic rings. The summed E-state index contributed by atoms with van der Waals surface area (Å²) >= 11 is 0. The van der Waals surface area contributed by atoms with Crippen molar-refractivity contribution in [2.45, 2.75) is 13.5 Å². The largest absolute Gasteiger partial charge is 0.492 e. The maximum absolute atomic E-state index is 6.20. The highest BCUT2D eigenvalue weighted by molar-refractivity contribution is 5.33. The number of piperazine rings is 1. The monoisotopic (exact) mass is 358 g/mol. The fraction of sp³-hybridized carbons (Fsp3) is 0.714. The zero-order chi connectivity index (χ0) is 17.8. The van der Waals surface area contributed by atoms with Crippen molar-refractivity contribution in [3.8, 4) is 5.75 Å². The minimum atomic E-state index is 0.790. The Balaban J connectivity index is 1.25. The first-order chi connectivity index (χ1) is 12.8. The Morgan fingerprint density at radius 3 is 2.38 bits per heavy atom. The van der Waals surface area contributed by atoms with Crippen LogP contribution >= 0.6 is 0 Å². The summed E-state index contributed by atoms with van der Waals surface area (Å²) in [6, 6.07) is 8.62. The number of fused-ring (bicyclic) bond motifs is 1. The van der Waals surface area contributed by atoms with E-state index in [1.165, 1.54) is 64.5 Å². The Morgan fingerprint density at radius 2 is 1.65 bits per heavy atom. The normalized spacial score (nSPS) is 27.7. The van der Waals surface area contributed by atoms with Crippen molar-refractivity contribution in [3.63, 3.8) is 0 Å². The number of nitrogens with zero attached hydrogens (tertiary/aromatic N) is 3. The maximum Gasteiger partial charge on any atom is 0.123 e. The molecule has 26 heavy (non-hydrogen) atoms. The summed E-state index contributed by atoms with van der Waals surface area (Å²) in [7, 11) is 0. The Morgan fingerprint density at radius 1 is 0.962 bits per heavy atom. The molecule has 5 nitrogen and oxygen atoms in total. The first-order valence-corrected chi connectivity index (χ1v) is 10.4. The van der Waals surface area contributed by atoms with Gasteiger partial charge in [0.25, 0.3) is 0 Å². The van der Waals surface area contributed by atoms with Gasteiger partial charge in [0.15, 0.2) is 0 Å². The molecule has 0 amide bonds. The van der Waals surface area contributed by atoms with Gasteiger partial charge in [-0.05, 0) is 37.5 Å². The van der Waals surface area contributed by atoms with Crippen molar-refractivity contribution in [3.05, 3.63) is 29.8 Å². The SMILES string of the molecule is CCN1CCN(CCOc2ccccc2CN2C[C@H]3CNC[C@H]3C2)CC1. The maximum atomic E-state index is 6.20. The number of likely N-dealkylation sites (tertiary alicyclic amines) is 1. The molecule has 2 atom stereocenters. The second-order valence-corrected chi connectivity index (χ2v) is 8.10. The van der Waals surface area contributed by atoms with Gasteiger partial charge in [-0.3, -0.25) is 9.80 Å². The van der Waals surface area contributed by atoms with Crippen LogP contribution in [-0.2, 0) is 6.54 Å². The third-order valence-electron chi connectivity index (χ3n) is 6.41. The van der Waals surface area contributed by atoms with Gasteiger partial charge in [-0.2, -0.15) is 0 Å². The van der Waals surface area contributed by atoms with Gasteiger partial charge < -0.3 is 15.0 Å². The molecule has 5 heteroatoms. The van der Waals surface area contributed by atoms with Crippen molar-refractivity contribution in [1.29, 1.82) is 0 Å². The van der Waals surface area contributed by atoms with E-state index < -0.39 is 0 Å². The summed E-state index contributed by atoms with van der Waals surface area (Å²) in [4.78, 5) is 7.67. The van der Waals surface area contributed by atoms with E-state index in [1.807, 2.05) is 0 Å². The van der Waals surface area contributed by atoms with Crippen molar-refractivity contribution < 1.29 is 4.74 Å². The third kappa shape index (κ3) is 4.39. The van der Waals surface area contributed by atoms with Crippen LogP contribution in [-0.4, -0.2) is 86.8 Å². The lowest BCUT2D eigenvalue weighted by molar-refractivity contribution is 0.120. The van der Waals surface area contributed by atoms with Crippen molar-refractivity contribution in [2.24, 2.45) is 11.8 Å². The van der Waals surface area contributed by atoms with Gasteiger partial charge in [-0.25, -0.2) is 0 Å². The van der Waals surface area contributed by atoms with Crippen LogP contribution in [0.4, 0.5) is 0 Å². The van der Waals surface area contributed by atoms with Crippen LogP contribution in [0.2, 0.25) is 0 Å². The van der Waals surface area contributed by atoms with Crippen LogP contribution in [0.15, 0.2) is 24.3 Å². The number of nitrogens with one attached hydrogen (secondary N) is 1. The lowest BCUT2D eigenvalue weighted by atomic mass is 10.0. The van der Waals surface area contributed by atoms with E-state index in [4.69, 9.17) is 4.74 Å². The molecule has 3 fully saturated rings. The number of hydrogen-bond acceptors (Lipinski definition) is 5. The number of rotatable bonds is 7. The molecule has 0 saturated carbocycles. The minimum absolute atomic E-state index is 0.790.